The highest BCUT2D eigenvalue weighted by Gasteiger charge is 2.37. The van der Waals surface area contributed by atoms with Gasteiger partial charge in [-0.25, -0.2) is 0 Å². The number of rotatable bonds is 8. The highest BCUT2D eigenvalue weighted by atomic mass is 14.4. The minimum atomic E-state index is -0.0972. The van der Waals surface area contributed by atoms with Crippen molar-refractivity contribution < 1.29 is 0 Å². The zero-order valence-electron chi connectivity index (χ0n) is 45.6. The molecule has 0 N–H and O–H groups in total. The zero-order chi connectivity index (χ0) is 51.1. The molecular weight excluding hydrogens is 853 g/mol. The Morgan fingerprint density at radius 3 is 1.48 bits per heavy atom. The molecule has 0 saturated carbocycles. The molecule has 3 aliphatic rings. The molecule has 7 aromatic carbocycles. The van der Waals surface area contributed by atoms with Crippen molar-refractivity contribution in [1.82, 2.24) is 0 Å². The van der Waals surface area contributed by atoms with Crippen LogP contribution in [0.15, 0.2) is 199 Å². The van der Waals surface area contributed by atoms with Gasteiger partial charge in [-0.2, -0.15) is 0 Å². The fraction of sp³-hybridized carbons (Fsp3) is 0.296. The van der Waals surface area contributed by atoms with Gasteiger partial charge in [0.25, 0.3) is 0 Å². The maximum atomic E-state index is 2.54. The molecule has 0 nitrogen and oxygen atoms in total. The predicted molar refractivity (Wildman–Crippen MR) is 313 cm³/mol. The molecule has 0 bridgehead atoms. The van der Waals surface area contributed by atoms with Gasteiger partial charge >= 0.3 is 0 Å². The van der Waals surface area contributed by atoms with Gasteiger partial charge in [0.1, 0.15) is 0 Å². The summed E-state index contributed by atoms with van der Waals surface area (Å²) in [4.78, 5) is 0. The minimum absolute atomic E-state index is 0.0207. The van der Waals surface area contributed by atoms with E-state index in [1.54, 1.807) is 5.57 Å². The second-order valence-electron chi connectivity index (χ2n) is 20.4. The Bertz CT molecular complexity index is 3080. The molecule has 364 valence electrons. The summed E-state index contributed by atoms with van der Waals surface area (Å²) < 4.78 is 0. The van der Waals surface area contributed by atoms with E-state index in [0.717, 1.165) is 19.3 Å². The van der Waals surface area contributed by atoms with Crippen molar-refractivity contribution in [2.45, 2.75) is 127 Å². The standard InChI is InChI=1S/C65H62.3C2H6/c1-9-58-47(25-18-20-44-37-52(46-23-14-11-15-24-46)39-53(38-44)51-32-35-55-54-28-16-17-29-59(54)64(5,6)60(55)42-51)26-19-27-48(36-43(2)63(58,3)4)50-31-34-57-56-33-30-49(45-21-12-10-13-22-45)40-61(56)65(7,8)62(57)41-50;3*1-2/h10-19,21-25,27-43H,9,20,26H2,1-8H3;3*1-2H3/b25-18-,27-19-,48-36+,58-47-;;;. The smallest absolute Gasteiger partial charge is 0.0159 e. The third kappa shape index (κ3) is 10.2. The van der Waals surface area contributed by atoms with Gasteiger partial charge in [-0.3, -0.25) is 0 Å². The summed E-state index contributed by atoms with van der Waals surface area (Å²) in [7, 11) is 0. The quantitative estimate of drug-likeness (QED) is 0.142. The van der Waals surface area contributed by atoms with E-state index in [0.29, 0.717) is 5.92 Å². The van der Waals surface area contributed by atoms with E-state index in [1.807, 2.05) is 41.5 Å². The molecule has 3 aliphatic carbocycles. The van der Waals surface area contributed by atoms with Crippen LogP contribution in [0.5, 0.6) is 0 Å². The topological polar surface area (TPSA) is 0 Å². The molecule has 10 rings (SSSR count). The van der Waals surface area contributed by atoms with Crippen LogP contribution < -0.4 is 0 Å². The highest BCUT2D eigenvalue weighted by molar-refractivity contribution is 5.87. The number of fused-ring (bicyclic) bond motifs is 6. The van der Waals surface area contributed by atoms with Crippen LogP contribution in [0.1, 0.15) is 143 Å². The van der Waals surface area contributed by atoms with Gasteiger partial charge in [0.05, 0.1) is 0 Å². The second kappa shape index (κ2) is 22.3. The van der Waals surface area contributed by atoms with E-state index in [9.17, 15) is 0 Å². The molecule has 0 aromatic heterocycles. The van der Waals surface area contributed by atoms with Crippen LogP contribution in [0.4, 0.5) is 0 Å². The average Bonchev–Trinajstić information content (AvgIpc) is 3.79. The Morgan fingerprint density at radius 2 is 0.915 bits per heavy atom. The van der Waals surface area contributed by atoms with E-state index in [1.165, 1.54) is 100 Å². The van der Waals surface area contributed by atoms with Crippen molar-refractivity contribution >= 4 is 5.57 Å². The van der Waals surface area contributed by atoms with Gasteiger partial charge in [-0.15, -0.1) is 0 Å². The van der Waals surface area contributed by atoms with Crippen LogP contribution >= 0.6 is 0 Å². The summed E-state index contributed by atoms with van der Waals surface area (Å²) in [5.74, 6) is 0.334. The average molecular weight is 933 g/mol. The number of hydrogen-bond donors (Lipinski definition) is 0. The molecule has 0 amide bonds. The predicted octanol–water partition coefficient (Wildman–Crippen LogP) is 20.9. The molecule has 1 unspecified atom stereocenters. The van der Waals surface area contributed by atoms with Crippen molar-refractivity contribution in [1.29, 1.82) is 0 Å². The SMILES string of the molecule is CC.CC.CC.CC/C1=C(\C=C/Cc2cc(-c3ccccc3)cc(-c3ccc4c(c3)C(C)(C)c3ccccc3-4)c2)C/C=C\C(c2ccc3c(c2)C(C)(C)c2cc(-c4ccccc4)ccc2-3)=C/C(C)C1(C)C. The summed E-state index contributed by atoms with van der Waals surface area (Å²) in [5, 5.41) is 0. The van der Waals surface area contributed by atoms with Gasteiger partial charge in [-0.1, -0.05) is 266 Å². The molecule has 0 aliphatic heterocycles. The van der Waals surface area contributed by atoms with Crippen molar-refractivity contribution in [2.24, 2.45) is 11.3 Å². The fourth-order valence-electron chi connectivity index (χ4n) is 11.4. The Labute approximate surface area is 430 Å². The van der Waals surface area contributed by atoms with E-state index >= 15 is 0 Å². The van der Waals surface area contributed by atoms with Crippen LogP contribution in [-0.4, -0.2) is 0 Å². The summed E-state index contributed by atoms with van der Waals surface area (Å²) in [6.45, 7) is 31.2. The molecule has 0 spiro atoms. The second-order valence-corrected chi connectivity index (χ2v) is 20.4. The highest BCUT2D eigenvalue weighted by Crippen LogP contribution is 2.52. The lowest BCUT2D eigenvalue weighted by atomic mass is 9.70. The summed E-state index contributed by atoms with van der Waals surface area (Å²) in [5.41, 5.74) is 25.5. The summed E-state index contributed by atoms with van der Waals surface area (Å²) >= 11 is 0. The summed E-state index contributed by atoms with van der Waals surface area (Å²) in [6, 6.07) is 59.2. The van der Waals surface area contributed by atoms with E-state index in [4.69, 9.17) is 0 Å². The first-order valence-electron chi connectivity index (χ1n) is 26.9. The van der Waals surface area contributed by atoms with Gasteiger partial charge in [0, 0.05) is 10.8 Å². The molecule has 0 heteroatoms. The van der Waals surface area contributed by atoms with Crippen molar-refractivity contribution in [3.05, 3.63) is 233 Å². The van der Waals surface area contributed by atoms with Crippen molar-refractivity contribution in [2.75, 3.05) is 0 Å². The largest absolute Gasteiger partial charge is 0.0798 e. The molecule has 0 heterocycles. The number of allylic oxidation sites excluding steroid dienone is 8. The normalized spacial score (nSPS) is 18.7. The van der Waals surface area contributed by atoms with Crippen LogP contribution in [0.2, 0.25) is 0 Å². The van der Waals surface area contributed by atoms with Gasteiger partial charge < -0.3 is 0 Å². The zero-order valence-corrected chi connectivity index (χ0v) is 45.6. The lowest BCUT2D eigenvalue weighted by Gasteiger charge is -2.34. The Hall–Kier alpha value is -6.50. The van der Waals surface area contributed by atoms with Crippen LogP contribution in [-0.2, 0) is 17.3 Å². The number of benzene rings is 7. The van der Waals surface area contributed by atoms with Gasteiger partial charge in [-0.05, 0) is 155 Å². The fourth-order valence-corrected chi connectivity index (χ4v) is 11.4. The van der Waals surface area contributed by atoms with Gasteiger partial charge in [0.15, 0.2) is 0 Å². The summed E-state index contributed by atoms with van der Waals surface area (Å²) in [6.07, 6.45) is 15.0. The Balaban J connectivity index is 0.00000119. The molecule has 0 saturated heterocycles. The van der Waals surface area contributed by atoms with Crippen LogP contribution in [0.25, 0.3) is 61.2 Å². The number of hydrogen-bond acceptors (Lipinski definition) is 0. The molecule has 0 fully saturated rings. The van der Waals surface area contributed by atoms with Crippen molar-refractivity contribution in [3.63, 3.8) is 0 Å². The Morgan fingerprint density at radius 1 is 0.465 bits per heavy atom. The van der Waals surface area contributed by atoms with Crippen LogP contribution in [0, 0.1) is 11.3 Å². The lowest BCUT2D eigenvalue weighted by Crippen LogP contribution is -2.24. The monoisotopic (exact) mass is 933 g/mol. The Kier molecular flexibility index (Phi) is 16.4. The first-order chi connectivity index (χ1) is 34.3. The van der Waals surface area contributed by atoms with E-state index < -0.39 is 0 Å². The third-order valence-corrected chi connectivity index (χ3v) is 15.5. The maximum absolute atomic E-state index is 2.54. The lowest BCUT2D eigenvalue weighted by molar-refractivity contribution is 0.332. The third-order valence-electron chi connectivity index (χ3n) is 15.5. The van der Waals surface area contributed by atoms with Crippen LogP contribution in [0.3, 0.4) is 0 Å². The van der Waals surface area contributed by atoms with E-state index in [-0.39, 0.29) is 16.2 Å². The molecule has 71 heavy (non-hydrogen) atoms. The van der Waals surface area contributed by atoms with Crippen molar-refractivity contribution in [3.8, 4) is 55.6 Å². The first kappa shape index (κ1) is 52.3. The molecule has 7 aromatic rings. The van der Waals surface area contributed by atoms with Gasteiger partial charge in [0.2, 0.25) is 0 Å². The van der Waals surface area contributed by atoms with E-state index in [2.05, 4.69) is 243 Å². The first-order valence-corrected chi connectivity index (χ1v) is 26.9. The molecule has 0 radical (unpaired) electrons. The maximum Gasteiger partial charge on any atom is 0.0159 e. The minimum Gasteiger partial charge on any atom is -0.0798 e. The molecule has 1 atom stereocenters. The molecular formula is C71H80.